The summed E-state index contributed by atoms with van der Waals surface area (Å²) >= 11 is 0. The Hall–Kier alpha value is -1.03. The molecule has 0 radical (unpaired) electrons. The van der Waals surface area contributed by atoms with E-state index in [1.807, 2.05) is 13.1 Å². The summed E-state index contributed by atoms with van der Waals surface area (Å²) in [5.74, 6) is 0.658. The van der Waals surface area contributed by atoms with Crippen molar-refractivity contribution in [3.8, 4) is 5.88 Å². The molecule has 1 heterocycles. The molecule has 1 aromatic rings. The molecular formula is C8H14N2O2. The van der Waals surface area contributed by atoms with Gasteiger partial charge in [0.1, 0.15) is 0 Å². The summed E-state index contributed by atoms with van der Waals surface area (Å²) in [5, 5.41) is 12.8. The Bertz CT molecular complexity index is 224. The van der Waals surface area contributed by atoms with E-state index in [0.29, 0.717) is 12.4 Å². The molecule has 1 rings (SSSR count). The predicted molar refractivity (Wildman–Crippen MR) is 45.2 cm³/mol. The minimum atomic E-state index is 0.105. The molecule has 0 fully saturated rings. The molecule has 0 aliphatic heterocycles. The lowest BCUT2D eigenvalue weighted by Gasteiger charge is -1.95. The van der Waals surface area contributed by atoms with Gasteiger partial charge in [-0.25, -0.2) is 0 Å². The highest BCUT2D eigenvalue weighted by atomic mass is 16.5. The molecule has 4 heteroatoms. The second-order valence-corrected chi connectivity index (χ2v) is 2.50. The van der Waals surface area contributed by atoms with Crippen molar-refractivity contribution in [2.45, 2.75) is 19.9 Å². The normalized spacial score (nSPS) is 10.2. The van der Waals surface area contributed by atoms with E-state index in [-0.39, 0.29) is 6.61 Å². The van der Waals surface area contributed by atoms with E-state index in [2.05, 4.69) is 5.10 Å². The Morgan fingerprint density at radius 2 is 2.42 bits per heavy atom. The number of aliphatic hydroxyl groups is 1. The van der Waals surface area contributed by atoms with Gasteiger partial charge in [-0.3, -0.25) is 4.68 Å². The maximum Gasteiger partial charge on any atom is 0.235 e. The van der Waals surface area contributed by atoms with Gasteiger partial charge in [-0.2, -0.15) is 0 Å². The van der Waals surface area contributed by atoms with Gasteiger partial charge in [-0.05, 0) is 6.42 Å². The molecule has 1 N–H and O–H groups in total. The van der Waals surface area contributed by atoms with Crippen LogP contribution in [0.2, 0.25) is 0 Å². The number of methoxy groups -OCH3 is 1. The van der Waals surface area contributed by atoms with Crippen LogP contribution in [0.25, 0.3) is 0 Å². The molecule has 0 amide bonds. The number of rotatable bonds is 4. The molecule has 4 nitrogen and oxygen atoms in total. The number of aliphatic hydroxyl groups excluding tert-OH is 1. The van der Waals surface area contributed by atoms with E-state index < -0.39 is 0 Å². The van der Waals surface area contributed by atoms with Gasteiger partial charge >= 0.3 is 0 Å². The molecule has 0 saturated heterocycles. The zero-order valence-electron chi connectivity index (χ0n) is 7.45. The van der Waals surface area contributed by atoms with Gasteiger partial charge < -0.3 is 9.84 Å². The second-order valence-electron chi connectivity index (χ2n) is 2.50. The number of ether oxygens (including phenoxy) is 1. The highest BCUT2D eigenvalue weighted by Gasteiger charge is 2.05. The molecular weight excluding hydrogens is 156 g/mol. The lowest BCUT2D eigenvalue weighted by atomic mass is 10.3. The quantitative estimate of drug-likeness (QED) is 0.713. The van der Waals surface area contributed by atoms with E-state index in [0.717, 1.165) is 12.0 Å². The number of aryl methyl sites for hydroxylation is 1. The molecule has 0 saturated carbocycles. The van der Waals surface area contributed by atoms with Crippen molar-refractivity contribution in [3.05, 3.63) is 11.8 Å². The summed E-state index contributed by atoms with van der Waals surface area (Å²) in [5.41, 5.74) is 1.07. The summed E-state index contributed by atoms with van der Waals surface area (Å²) in [4.78, 5) is 0. The summed E-state index contributed by atoms with van der Waals surface area (Å²) in [7, 11) is 1.60. The van der Waals surface area contributed by atoms with Crippen molar-refractivity contribution in [2.75, 3.05) is 13.7 Å². The van der Waals surface area contributed by atoms with Crippen LogP contribution < -0.4 is 4.74 Å². The van der Waals surface area contributed by atoms with Crippen LogP contribution >= 0.6 is 0 Å². The van der Waals surface area contributed by atoms with E-state index >= 15 is 0 Å². The zero-order valence-corrected chi connectivity index (χ0v) is 7.45. The Labute approximate surface area is 71.8 Å². The van der Waals surface area contributed by atoms with E-state index in [9.17, 15) is 0 Å². The monoisotopic (exact) mass is 170 g/mol. The number of hydrogen-bond acceptors (Lipinski definition) is 3. The molecule has 12 heavy (non-hydrogen) atoms. The van der Waals surface area contributed by atoms with Crippen molar-refractivity contribution >= 4 is 0 Å². The van der Waals surface area contributed by atoms with Crippen LogP contribution in [0.1, 0.15) is 12.5 Å². The maximum absolute atomic E-state index is 8.66. The molecule has 0 unspecified atom stereocenters. The third-order valence-electron chi connectivity index (χ3n) is 1.70. The SMILES string of the molecule is CCc1cn(CCO)nc1OC. The van der Waals surface area contributed by atoms with Gasteiger partial charge in [0.2, 0.25) is 5.88 Å². The first kappa shape index (κ1) is 9.06. The molecule has 0 spiro atoms. The van der Waals surface area contributed by atoms with Crippen LogP contribution in [0, 0.1) is 0 Å². The third-order valence-corrected chi connectivity index (χ3v) is 1.70. The molecule has 0 aliphatic rings. The molecule has 0 aromatic carbocycles. The average molecular weight is 170 g/mol. The molecule has 68 valence electrons. The van der Waals surface area contributed by atoms with Crippen molar-refractivity contribution in [1.82, 2.24) is 9.78 Å². The van der Waals surface area contributed by atoms with Crippen LogP contribution in [-0.2, 0) is 13.0 Å². The fraction of sp³-hybridized carbons (Fsp3) is 0.625. The number of aromatic nitrogens is 2. The van der Waals surface area contributed by atoms with Crippen molar-refractivity contribution < 1.29 is 9.84 Å². The van der Waals surface area contributed by atoms with Crippen LogP contribution in [0.3, 0.4) is 0 Å². The zero-order chi connectivity index (χ0) is 8.97. The maximum atomic E-state index is 8.66. The van der Waals surface area contributed by atoms with Gasteiger partial charge in [-0.15, -0.1) is 5.10 Å². The highest BCUT2D eigenvalue weighted by molar-refractivity contribution is 5.22. The third kappa shape index (κ3) is 1.76. The molecule has 0 atom stereocenters. The molecule has 0 bridgehead atoms. The fourth-order valence-electron chi connectivity index (χ4n) is 1.08. The second kappa shape index (κ2) is 4.11. The van der Waals surface area contributed by atoms with Crippen molar-refractivity contribution in [1.29, 1.82) is 0 Å². The van der Waals surface area contributed by atoms with E-state index in [1.54, 1.807) is 11.8 Å². The highest BCUT2D eigenvalue weighted by Crippen LogP contribution is 2.15. The minimum Gasteiger partial charge on any atom is -0.480 e. The van der Waals surface area contributed by atoms with Crippen LogP contribution in [0.15, 0.2) is 6.20 Å². The summed E-state index contributed by atoms with van der Waals surface area (Å²) in [6.07, 6.45) is 2.80. The smallest absolute Gasteiger partial charge is 0.235 e. The first-order valence-corrected chi connectivity index (χ1v) is 4.03. The van der Waals surface area contributed by atoms with E-state index in [1.165, 1.54) is 0 Å². The Morgan fingerprint density at radius 1 is 1.67 bits per heavy atom. The Balaban J connectivity index is 2.81. The van der Waals surface area contributed by atoms with E-state index in [4.69, 9.17) is 9.84 Å². The lowest BCUT2D eigenvalue weighted by molar-refractivity contribution is 0.267. The minimum absolute atomic E-state index is 0.105. The topological polar surface area (TPSA) is 47.3 Å². The summed E-state index contributed by atoms with van der Waals surface area (Å²) < 4.78 is 6.74. The van der Waals surface area contributed by atoms with Crippen molar-refractivity contribution in [3.63, 3.8) is 0 Å². The van der Waals surface area contributed by atoms with Crippen LogP contribution in [0.5, 0.6) is 5.88 Å². The number of hydrogen-bond donors (Lipinski definition) is 1. The van der Waals surface area contributed by atoms with Gasteiger partial charge in [0.15, 0.2) is 0 Å². The van der Waals surface area contributed by atoms with Gasteiger partial charge in [0, 0.05) is 11.8 Å². The standard InChI is InChI=1S/C8H14N2O2/c1-3-7-6-10(4-5-11)9-8(7)12-2/h6,11H,3-5H2,1-2H3. The Kier molecular flexibility index (Phi) is 3.10. The van der Waals surface area contributed by atoms with Gasteiger partial charge in [0.05, 0.1) is 20.3 Å². The van der Waals surface area contributed by atoms with Gasteiger partial charge in [-0.1, -0.05) is 6.92 Å². The lowest BCUT2D eigenvalue weighted by Crippen LogP contribution is -2.02. The van der Waals surface area contributed by atoms with Crippen LogP contribution in [-0.4, -0.2) is 28.6 Å². The average Bonchev–Trinajstić information content (AvgIpc) is 2.48. The first-order chi connectivity index (χ1) is 5.81. The molecule has 0 aliphatic carbocycles. The van der Waals surface area contributed by atoms with Gasteiger partial charge in [0.25, 0.3) is 0 Å². The number of nitrogens with zero attached hydrogens (tertiary/aromatic N) is 2. The summed E-state index contributed by atoms with van der Waals surface area (Å²) in [6.45, 7) is 2.67. The fourth-order valence-corrected chi connectivity index (χ4v) is 1.08. The first-order valence-electron chi connectivity index (χ1n) is 4.03. The molecule has 1 aromatic heterocycles. The summed E-state index contributed by atoms with van der Waals surface area (Å²) in [6, 6.07) is 0. The van der Waals surface area contributed by atoms with Crippen molar-refractivity contribution in [2.24, 2.45) is 0 Å². The van der Waals surface area contributed by atoms with Crippen LogP contribution in [0.4, 0.5) is 0 Å². The predicted octanol–water partition coefficient (Wildman–Crippen LogP) is 0.446. The largest absolute Gasteiger partial charge is 0.480 e. The Morgan fingerprint density at radius 3 is 2.83 bits per heavy atom.